The standard InChI is InChI=1S/C18H26N2O/c19-18(21)13-14-7-1-2-8-15(14)16-9-3-4-10-17(16)20-11-5-6-12-20/h1-2,7-8,16-17H,3-6,9-13H2,(H2,19,21). The number of rotatable bonds is 4. The maximum Gasteiger partial charge on any atom is 0.221 e. The third kappa shape index (κ3) is 3.29. The van der Waals surface area contributed by atoms with Crippen molar-refractivity contribution in [2.75, 3.05) is 13.1 Å². The van der Waals surface area contributed by atoms with Gasteiger partial charge in [-0.05, 0) is 55.8 Å². The normalized spacial score (nSPS) is 26.9. The first kappa shape index (κ1) is 14.6. The zero-order chi connectivity index (χ0) is 14.7. The summed E-state index contributed by atoms with van der Waals surface area (Å²) in [6, 6.07) is 9.09. The largest absolute Gasteiger partial charge is 0.369 e. The lowest BCUT2D eigenvalue weighted by Crippen LogP contribution is -2.40. The maximum absolute atomic E-state index is 11.4. The fraction of sp³-hybridized carbons (Fsp3) is 0.611. The Balaban J connectivity index is 1.87. The highest BCUT2D eigenvalue weighted by Crippen LogP contribution is 2.38. The van der Waals surface area contributed by atoms with E-state index in [2.05, 4.69) is 23.1 Å². The summed E-state index contributed by atoms with van der Waals surface area (Å²) in [5, 5.41) is 0. The van der Waals surface area contributed by atoms with Gasteiger partial charge in [-0.15, -0.1) is 0 Å². The molecule has 114 valence electrons. The number of benzene rings is 1. The van der Waals surface area contributed by atoms with Gasteiger partial charge < -0.3 is 5.73 Å². The van der Waals surface area contributed by atoms with Crippen molar-refractivity contribution < 1.29 is 4.79 Å². The number of primary amides is 1. The summed E-state index contributed by atoms with van der Waals surface area (Å²) in [6.45, 7) is 2.50. The highest BCUT2D eigenvalue weighted by Gasteiger charge is 2.33. The fourth-order valence-corrected chi connectivity index (χ4v) is 4.23. The minimum absolute atomic E-state index is 0.226. The van der Waals surface area contributed by atoms with Crippen LogP contribution in [0.5, 0.6) is 0 Å². The SMILES string of the molecule is NC(=O)Cc1ccccc1C1CCCCC1N1CCCC1. The van der Waals surface area contributed by atoms with Crippen LogP contribution in [0.3, 0.4) is 0 Å². The molecule has 0 bridgehead atoms. The van der Waals surface area contributed by atoms with Gasteiger partial charge in [-0.25, -0.2) is 0 Å². The number of nitrogens with two attached hydrogens (primary N) is 1. The Hall–Kier alpha value is -1.35. The predicted octanol–water partition coefficient (Wildman–Crippen LogP) is 2.84. The van der Waals surface area contributed by atoms with Crippen LogP contribution in [0.15, 0.2) is 24.3 Å². The van der Waals surface area contributed by atoms with Gasteiger partial charge in [-0.1, -0.05) is 37.1 Å². The lowest BCUT2D eigenvalue weighted by molar-refractivity contribution is -0.117. The van der Waals surface area contributed by atoms with E-state index in [1.807, 2.05) is 6.07 Å². The van der Waals surface area contributed by atoms with Crippen LogP contribution in [0.25, 0.3) is 0 Å². The molecule has 0 spiro atoms. The third-order valence-corrected chi connectivity index (χ3v) is 5.16. The molecule has 1 heterocycles. The first-order chi connectivity index (χ1) is 10.3. The summed E-state index contributed by atoms with van der Waals surface area (Å²) in [4.78, 5) is 14.0. The maximum atomic E-state index is 11.4. The minimum atomic E-state index is -0.226. The van der Waals surface area contributed by atoms with Gasteiger partial charge in [0.2, 0.25) is 5.91 Å². The number of hydrogen-bond donors (Lipinski definition) is 1. The van der Waals surface area contributed by atoms with Crippen LogP contribution in [-0.4, -0.2) is 29.9 Å². The summed E-state index contributed by atoms with van der Waals surface area (Å²) < 4.78 is 0. The van der Waals surface area contributed by atoms with Crippen molar-refractivity contribution in [3.63, 3.8) is 0 Å². The first-order valence-corrected chi connectivity index (χ1v) is 8.36. The third-order valence-electron chi connectivity index (χ3n) is 5.16. The molecule has 2 fully saturated rings. The first-order valence-electron chi connectivity index (χ1n) is 8.36. The van der Waals surface area contributed by atoms with Crippen molar-refractivity contribution in [1.29, 1.82) is 0 Å². The van der Waals surface area contributed by atoms with Crippen LogP contribution in [-0.2, 0) is 11.2 Å². The van der Waals surface area contributed by atoms with Crippen molar-refractivity contribution in [3.8, 4) is 0 Å². The van der Waals surface area contributed by atoms with Gasteiger partial charge in [0.25, 0.3) is 0 Å². The van der Waals surface area contributed by atoms with Gasteiger partial charge in [0.05, 0.1) is 6.42 Å². The molecule has 1 amide bonds. The van der Waals surface area contributed by atoms with Crippen molar-refractivity contribution in [1.82, 2.24) is 4.90 Å². The molecule has 3 heteroatoms. The minimum Gasteiger partial charge on any atom is -0.369 e. The molecule has 21 heavy (non-hydrogen) atoms. The second-order valence-electron chi connectivity index (χ2n) is 6.54. The molecule has 1 saturated heterocycles. The quantitative estimate of drug-likeness (QED) is 0.925. The van der Waals surface area contributed by atoms with E-state index in [1.165, 1.54) is 57.2 Å². The Morgan fingerprint density at radius 2 is 1.81 bits per heavy atom. The van der Waals surface area contributed by atoms with E-state index in [4.69, 9.17) is 5.73 Å². The highest BCUT2D eigenvalue weighted by atomic mass is 16.1. The average Bonchev–Trinajstić information content (AvgIpc) is 3.01. The Morgan fingerprint density at radius 1 is 1.10 bits per heavy atom. The molecule has 3 nitrogen and oxygen atoms in total. The molecule has 1 saturated carbocycles. The molecule has 1 aliphatic carbocycles. The van der Waals surface area contributed by atoms with Gasteiger partial charge in [-0.2, -0.15) is 0 Å². The van der Waals surface area contributed by atoms with Crippen molar-refractivity contribution in [3.05, 3.63) is 35.4 Å². The predicted molar refractivity (Wildman–Crippen MR) is 85.1 cm³/mol. The van der Waals surface area contributed by atoms with Crippen molar-refractivity contribution >= 4 is 5.91 Å². The second-order valence-corrected chi connectivity index (χ2v) is 6.54. The zero-order valence-electron chi connectivity index (χ0n) is 12.8. The summed E-state index contributed by atoms with van der Waals surface area (Å²) in [6.07, 6.45) is 8.25. The average molecular weight is 286 g/mol. The molecule has 1 aromatic rings. The lowest BCUT2D eigenvalue weighted by Gasteiger charge is -2.39. The van der Waals surface area contributed by atoms with E-state index in [0.717, 1.165) is 5.56 Å². The van der Waals surface area contributed by atoms with Crippen LogP contribution in [0, 0.1) is 0 Å². The number of carbonyl (C=O) groups excluding carboxylic acids is 1. The van der Waals surface area contributed by atoms with E-state index in [0.29, 0.717) is 18.4 Å². The van der Waals surface area contributed by atoms with E-state index >= 15 is 0 Å². The molecule has 2 atom stereocenters. The monoisotopic (exact) mass is 286 g/mol. The molecule has 0 aromatic heterocycles. The van der Waals surface area contributed by atoms with Crippen molar-refractivity contribution in [2.45, 2.75) is 56.9 Å². The van der Waals surface area contributed by atoms with E-state index in [9.17, 15) is 4.79 Å². The number of hydrogen-bond acceptors (Lipinski definition) is 2. The van der Waals surface area contributed by atoms with Gasteiger partial charge in [0.15, 0.2) is 0 Å². The topological polar surface area (TPSA) is 46.3 Å². The smallest absolute Gasteiger partial charge is 0.221 e. The summed E-state index contributed by atoms with van der Waals surface area (Å²) in [5.41, 5.74) is 7.94. The van der Waals surface area contributed by atoms with Crippen LogP contribution in [0.1, 0.15) is 55.6 Å². The van der Waals surface area contributed by atoms with E-state index < -0.39 is 0 Å². The molecular weight excluding hydrogens is 260 g/mol. The number of amides is 1. The lowest BCUT2D eigenvalue weighted by atomic mass is 9.77. The molecule has 2 unspecified atom stereocenters. The Kier molecular flexibility index (Phi) is 4.59. The molecule has 2 aliphatic rings. The summed E-state index contributed by atoms with van der Waals surface area (Å²) in [7, 11) is 0. The molecular formula is C18H26N2O. The number of nitrogens with zero attached hydrogens (tertiary/aromatic N) is 1. The Labute approximate surface area is 127 Å². The van der Waals surface area contributed by atoms with E-state index in [-0.39, 0.29) is 5.91 Å². The molecule has 1 aromatic carbocycles. The van der Waals surface area contributed by atoms with Gasteiger partial charge in [-0.3, -0.25) is 9.69 Å². The zero-order valence-corrected chi connectivity index (χ0v) is 12.8. The summed E-state index contributed by atoms with van der Waals surface area (Å²) >= 11 is 0. The van der Waals surface area contributed by atoms with Crippen LogP contribution < -0.4 is 5.73 Å². The van der Waals surface area contributed by atoms with Gasteiger partial charge in [0.1, 0.15) is 0 Å². The van der Waals surface area contributed by atoms with E-state index in [1.54, 1.807) is 0 Å². The van der Waals surface area contributed by atoms with Gasteiger partial charge >= 0.3 is 0 Å². The Morgan fingerprint density at radius 3 is 2.57 bits per heavy atom. The van der Waals surface area contributed by atoms with Gasteiger partial charge in [0, 0.05) is 6.04 Å². The van der Waals surface area contributed by atoms with Crippen LogP contribution in [0.4, 0.5) is 0 Å². The number of carbonyl (C=O) groups is 1. The summed E-state index contributed by atoms with van der Waals surface area (Å²) in [5.74, 6) is 0.350. The number of likely N-dealkylation sites (tertiary alicyclic amines) is 1. The highest BCUT2D eigenvalue weighted by molar-refractivity contribution is 5.77. The Bertz CT molecular complexity index is 494. The molecule has 0 radical (unpaired) electrons. The molecule has 1 aliphatic heterocycles. The molecule has 2 N–H and O–H groups in total. The van der Waals surface area contributed by atoms with Crippen molar-refractivity contribution in [2.24, 2.45) is 5.73 Å². The van der Waals surface area contributed by atoms with Crippen LogP contribution >= 0.6 is 0 Å². The fourth-order valence-electron chi connectivity index (χ4n) is 4.23. The molecule has 3 rings (SSSR count). The second kappa shape index (κ2) is 6.61. The van der Waals surface area contributed by atoms with Crippen LogP contribution in [0.2, 0.25) is 0 Å².